The van der Waals surface area contributed by atoms with Crippen molar-refractivity contribution < 1.29 is 0 Å². The molecule has 1 atom stereocenters. The van der Waals surface area contributed by atoms with Gasteiger partial charge in [0.2, 0.25) is 0 Å². The normalized spacial score (nSPS) is 24.9. The number of rotatable bonds is 4. The Bertz CT molecular complexity index is 213. The van der Waals surface area contributed by atoms with E-state index in [-0.39, 0.29) is 5.92 Å². The Labute approximate surface area is 80.7 Å². The van der Waals surface area contributed by atoms with E-state index >= 15 is 0 Å². The summed E-state index contributed by atoms with van der Waals surface area (Å²) in [6, 6.07) is 2.32. The number of aliphatic imine (C=N–C) groups is 1. The highest BCUT2D eigenvalue weighted by Gasteiger charge is 2.21. The fourth-order valence-corrected chi connectivity index (χ4v) is 1.74. The molecule has 0 aliphatic heterocycles. The minimum absolute atomic E-state index is 0.140. The van der Waals surface area contributed by atoms with Gasteiger partial charge in [-0.15, -0.1) is 0 Å². The van der Waals surface area contributed by atoms with E-state index in [4.69, 9.17) is 5.26 Å². The highest BCUT2D eigenvalue weighted by atomic mass is 14.7. The second-order valence-corrected chi connectivity index (χ2v) is 3.65. The Morgan fingerprint density at radius 3 is 3.08 bits per heavy atom. The number of hydrogen-bond donors (Lipinski definition) is 0. The van der Waals surface area contributed by atoms with Crippen LogP contribution >= 0.6 is 0 Å². The highest BCUT2D eigenvalue weighted by molar-refractivity contribution is 5.90. The van der Waals surface area contributed by atoms with Crippen molar-refractivity contribution in [2.24, 2.45) is 10.9 Å². The summed E-state index contributed by atoms with van der Waals surface area (Å²) in [4.78, 5) is 4.51. The average Bonchev–Trinajstić information content (AvgIpc) is 2.60. The molecule has 0 radical (unpaired) electrons. The van der Waals surface area contributed by atoms with Gasteiger partial charge in [-0.2, -0.15) is 5.26 Å². The summed E-state index contributed by atoms with van der Waals surface area (Å²) in [7, 11) is 0. The van der Waals surface area contributed by atoms with Crippen molar-refractivity contribution in [1.29, 1.82) is 5.26 Å². The lowest BCUT2D eigenvalue weighted by Gasteiger charge is -2.00. The Hall–Kier alpha value is -0.840. The quantitative estimate of drug-likeness (QED) is 0.610. The van der Waals surface area contributed by atoms with Gasteiger partial charge < -0.3 is 0 Å². The van der Waals surface area contributed by atoms with Crippen LogP contribution in [0.15, 0.2) is 4.99 Å². The minimum atomic E-state index is 0.140. The number of unbranched alkanes of at least 4 members (excludes halogenated alkanes) is 2. The first kappa shape index (κ1) is 10.2. The highest BCUT2D eigenvalue weighted by Crippen LogP contribution is 2.21. The van der Waals surface area contributed by atoms with Gasteiger partial charge in [-0.3, -0.25) is 4.99 Å². The van der Waals surface area contributed by atoms with Gasteiger partial charge in [0.15, 0.2) is 0 Å². The zero-order valence-corrected chi connectivity index (χ0v) is 8.42. The molecule has 1 aliphatic carbocycles. The number of nitrogens with zero attached hydrogens (tertiary/aromatic N) is 2. The molecule has 0 saturated heterocycles. The third-order valence-electron chi connectivity index (χ3n) is 2.56. The predicted octanol–water partition coefficient (Wildman–Crippen LogP) is 2.94. The average molecular weight is 178 g/mol. The first-order valence-electron chi connectivity index (χ1n) is 5.31. The van der Waals surface area contributed by atoms with Crippen molar-refractivity contribution in [3.8, 4) is 6.07 Å². The molecule has 1 aliphatic rings. The molecule has 1 fully saturated rings. The van der Waals surface area contributed by atoms with Crippen LogP contribution in [-0.4, -0.2) is 12.3 Å². The Morgan fingerprint density at radius 2 is 2.38 bits per heavy atom. The van der Waals surface area contributed by atoms with Crippen molar-refractivity contribution >= 4 is 5.71 Å². The van der Waals surface area contributed by atoms with Gasteiger partial charge in [0.05, 0.1) is 12.0 Å². The van der Waals surface area contributed by atoms with E-state index in [1.54, 1.807) is 0 Å². The largest absolute Gasteiger partial charge is 0.293 e. The van der Waals surface area contributed by atoms with Crippen LogP contribution in [0.1, 0.15) is 45.4 Å². The van der Waals surface area contributed by atoms with Gasteiger partial charge in [0, 0.05) is 12.3 Å². The van der Waals surface area contributed by atoms with Crippen molar-refractivity contribution in [1.82, 2.24) is 0 Å². The van der Waals surface area contributed by atoms with Crippen LogP contribution < -0.4 is 0 Å². The lowest BCUT2D eigenvalue weighted by Crippen LogP contribution is -2.04. The Kier molecular flexibility index (Phi) is 4.53. The van der Waals surface area contributed by atoms with Crippen LogP contribution in [-0.2, 0) is 0 Å². The SMILES string of the molecule is CCCCCN=C1CCCC1C#N. The lowest BCUT2D eigenvalue weighted by molar-refractivity contribution is 0.725. The van der Waals surface area contributed by atoms with E-state index in [0.717, 1.165) is 25.8 Å². The molecular formula is C11H18N2. The Balaban J connectivity index is 2.29. The molecule has 1 unspecified atom stereocenters. The number of nitriles is 1. The van der Waals surface area contributed by atoms with Crippen LogP contribution in [0.2, 0.25) is 0 Å². The molecule has 1 rings (SSSR count). The van der Waals surface area contributed by atoms with Gasteiger partial charge in [-0.05, 0) is 25.7 Å². The molecule has 0 aromatic heterocycles. The summed E-state index contributed by atoms with van der Waals surface area (Å²) in [6.45, 7) is 3.13. The third kappa shape index (κ3) is 3.18. The molecule has 72 valence electrons. The fourth-order valence-electron chi connectivity index (χ4n) is 1.74. The molecule has 0 heterocycles. The molecule has 1 saturated carbocycles. The van der Waals surface area contributed by atoms with Crippen LogP contribution in [0.4, 0.5) is 0 Å². The zero-order chi connectivity index (χ0) is 9.52. The molecule has 2 heteroatoms. The molecule has 0 bridgehead atoms. The van der Waals surface area contributed by atoms with Crippen molar-refractivity contribution in [3.63, 3.8) is 0 Å². The lowest BCUT2D eigenvalue weighted by atomic mass is 10.1. The molecule has 0 aromatic rings. The third-order valence-corrected chi connectivity index (χ3v) is 2.56. The fraction of sp³-hybridized carbons (Fsp3) is 0.818. The van der Waals surface area contributed by atoms with Gasteiger partial charge >= 0.3 is 0 Å². The van der Waals surface area contributed by atoms with E-state index in [9.17, 15) is 0 Å². The topological polar surface area (TPSA) is 36.1 Å². The standard InChI is InChI=1S/C11H18N2/c1-2-3-4-8-13-11-7-5-6-10(11)9-12/h10H,2-8H2,1H3. The van der Waals surface area contributed by atoms with Gasteiger partial charge in [0.25, 0.3) is 0 Å². The monoisotopic (exact) mass is 178 g/mol. The number of hydrogen-bond acceptors (Lipinski definition) is 2. The zero-order valence-electron chi connectivity index (χ0n) is 8.42. The second kappa shape index (κ2) is 5.75. The molecule has 13 heavy (non-hydrogen) atoms. The van der Waals surface area contributed by atoms with Crippen molar-refractivity contribution in [3.05, 3.63) is 0 Å². The molecule has 0 aromatic carbocycles. The van der Waals surface area contributed by atoms with Gasteiger partial charge in [-0.1, -0.05) is 19.8 Å². The summed E-state index contributed by atoms with van der Waals surface area (Å²) in [5.41, 5.74) is 1.17. The summed E-state index contributed by atoms with van der Waals surface area (Å²) < 4.78 is 0. The van der Waals surface area contributed by atoms with E-state index < -0.39 is 0 Å². The first-order chi connectivity index (χ1) is 6.38. The summed E-state index contributed by atoms with van der Waals surface area (Å²) in [5.74, 6) is 0.140. The molecule has 2 nitrogen and oxygen atoms in total. The van der Waals surface area contributed by atoms with Gasteiger partial charge in [0.1, 0.15) is 0 Å². The predicted molar refractivity (Wildman–Crippen MR) is 54.8 cm³/mol. The minimum Gasteiger partial charge on any atom is -0.293 e. The maximum absolute atomic E-state index is 8.81. The van der Waals surface area contributed by atoms with Gasteiger partial charge in [-0.25, -0.2) is 0 Å². The maximum atomic E-state index is 8.81. The maximum Gasteiger partial charge on any atom is 0.0841 e. The van der Waals surface area contributed by atoms with E-state index in [2.05, 4.69) is 18.0 Å². The smallest absolute Gasteiger partial charge is 0.0841 e. The van der Waals surface area contributed by atoms with Crippen molar-refractivity contribution in [2.75, 3.05) is 6.54 Å². The Morgan fingerprint density at radius 1 is 1.54 bits per heavy atom. The molecule has 0 N–H and O–H groups in total. The van der Waals surface area contributed by atoms with Crippen LogP contribution in [0.25, 0.3) is 0 Å². The molecule has 0 amide bonds. The van der Waals surface area contributed by atoms with E-state index in [0.29, 0.717) is 0 Å². The van der Waals surface area contributed by atoms with E-state index in [1.165, 1.54) is 25.0 Å². The summed E-state index contributed by atoms with van der Waals surface area (Å²) >= 11 is 0. The molecule has 0 spiro atoms. The van der Waals surface area contributed by atoms with Crippen LogP contribution in [0, 0.1) is 17.2 Å². The summed E-state index contributed by atoms with van der Waals surface area (Å²) in [6.07, 6.45) is 6.93. The second-order valence-electron chi connectivity index (χ2n) is 3.65. The molecular weight excluding hydrogens is 160 g/mol. The first-order valence-corrected chi connectivity index (χ1v) is 5.31. The van der Waals surface area contributed by atoms with E-state index in [1.807, 2.05) is 0 Å². The van der Waals surface area contributed by atoms with Crippen LogP contribution in [0.5, 0.6) is 0 Å². The summed E-state index contributed by atoms with van der Waals surface area (Å²) in [5, 5.41) is 8.81. The van der Waals surface area contributed by atoms with Crippen LogP contribution in [0.3, 0.4) is 0 Å². The van der Waals surface area contributed by atoms with Crippen molar-refractivity contribution in [2.45, 2.75) is 45.4 Å².